The molecule has 0 saturated heterocycles. The van der Waals surface area contributed by atoms with Gasteiger partial charge in [0.05, 0.1) is 10.7 Å². The molecule has 2 aromatic rings. The molecule has 1 atom stereocenters. The third-order valence-electron chi connectivity index (χ3n) is 3.03. The van der Waals surface area contributed by atoms with Crippen molar-refractivity contribution in [2.45, 2.75) is 19.9 Å². The molecule has 2 rings (SSSR count). The highest BCUT2D eigenvalue weighted by atomic mass is 35.5. The van der Waals surface area contributed by atoms with E-state index >= 15 is 0 Å². The average molecular weight is 291 g/mol. The van der Waals surface area contributed by atoms with Crippen LogP contribution in [0.1, 0.15) is 18.5 Å². The molecule has 1 aromatic heterocycles. The Bertz CT molecular complexity index is 694. The number of benzene rings is 1. The molecule has 0 aliphatic rings. The maximum atomic E-state index is 12.2. The second-order valence-corrected chi connectivity index (χ2v) is 5.00. The van der Waals surface area contributed by atoms with Gasteiger partial charge in [0.1, 0.15) is 6.04 Å². The molecule has 0 fully saturated rings. The molecular weight excluding hydrogens is 276 g/mol. The van der Waals surface area contributed by atoms with Gasteiger partial charge < -0.3 is 9.88 Å². The van der Waals surface area contributed by atoms with Crippen LogP contribution in [0.25, 0.3) is 0 Å². The molecule has 0 aliphatic carbocycles. The number of rotatable bonds is 3. The number of pyridine rings is 1. The number of amides is 1. The number of anilines is 1. The van der Waals surface area contributed by atoms with Gasteiger partial charge in [0, 0.05) is 12.3 Å². The van der Waals surface area contributed by atoms with E-state index < -0.39 is 6.04 Å². The first-order valence-corrected chi connectivity index (χ1v) is 6.61. The number of carbonyl (C=O) groups is 1. The minimum Gasteiger partial charge on any atom is -0.323 e. The van der Waals surface area contributed by atoms with E-state index in [9.17, 15) is 9.59 Å². The van der Waals surface area contributed by atoms with Crippen LogP contribution in [0, 0.1) is 6.92 Å². The van der Waals surface area contributed by atoms with E-state index in [0.717, 1.165) is 5.56 Å². The van der Waals surface area contributed by atoms with Crippen molar-refractivity contribution in [3.05, 3.63) is 63.5 Å². The molecule has 5 heteroatoms. The van der Waals surface area contributed by atoms with E-state index in [1.165, 1.54) is 10.6 Å². The summed E-state index contributed by atoms with van der Waals surface area (Å²) in [6.07, 6.45) is 1.62. The number of hydrogen-bond acceptors (Lipinski definition) is 2. The van der Waals surface area contributed by atoms with Crippen LogP contribution in [0.15, 0.2) is 47.4 Å². The van der Waals surface area contributed by atoms with E-state index in [-0.39, 0.29) is 11.5 Å². The molecule has 1 amide bonds. The first-order valence-electron chi connectivity index (χ1n) is 6.23. The van der Waals surface area contributed by atoms with E-state index in [2.05, 4.69) is 5.32 Å². The number of hydrogen-bond donors (Lipinski definition) is 1. The summed E-state index contributed by atoms with van der Waals surface area (Å²) in [4.78, 5) is 24.0. The van der Waals surface area contributed by atoms with Crippen LogP contribution in [-0.2, 0) is 4.79 Å². The zero-order valence-corrected chi connectivity index (χ0v) is 12.0. The van der Waals surface area contributed by atoms with Crippen LogP contribution in [-0.4, -0.2) is 10.5 Å². The van der Waals surface area contributed by atoms with Crippen molar-refractivity contribution >= 4 is 23.2 Å². The lowest BCUT2D eigenvalue weighted by atomic mass is 10.2. The largest absolute Gasteiger partial charge is 0.323 e. The minimum absolute atomic E-state index is 0.202. The fourth-order valence-electron chi connectivity index (χ4n) is 1.83. The van der Waals surface area contributed by atoms with E-state index in [4.69, 9.17) is 11.6 Å². The Kier molecular flexibility index (Phi) is 4.25. The lowest BCUT2D eigenvalue weighted by molar-refractivity contribution is -0.118. The summed E-state index contributed by atoms with van der Waals surface area (Å²) in [6, 6.07) is 9.65. The minimum atomic E-state index is -0.612. The molecule has 0 saturated carbocycles. The first-order chi connectivity index (χ1) is 9.49. The highest BCUT2D eigenvalue weighted by Gasteiger charge is 2.16. The van der Waals surface area contributed by atoms with Gasteiger partial charge in [-0.05, 0) is 37.6 Å². The maximum Gasteiger partial charge on any atom is 0.251 e. The van der Waals surface area contributed by atoms with Gasteiger partial charge in [-0.25, -0.2) is 0 Å². The van der Waals surface area contributed by atoms with Crippen molar-refractivity contribution in [2.75, 3.05) is 5.32 Å². The third-order valence-corrected chi connectivity index (χ3v) is 3.36. The molecule has 1 unspecified atom stereocenters. The molecule has 1 aromatic carbocycles. The average Bonchev–Trinajstić information content (AvgIpc) is 2.40. The van der Waals surface area contributed by atoms with Gasteiger partial charge in [-0.1, -0.05) is 23.7 Å². The summed E-state index contributed by atoms with van der Waals surface area (Å²) < 4.78 is 1.39. The second-order valence-electron chi connectivity index (χ2n) is 4.59. The van der Waals surface area contributed by atoms with Crippen molar-refractivity contribution in [3.8, 4) is 0 Å². The highest BCUT2D eigenvalue weighted by Crippen LogP contribution is 2.21. The van der Waals surface area contributed by atoms with Crippen LogP contribution < -0.4 is 10.9 Å². The second kappa shape index (κ2) is 5.92. The van der Waals surface area contributed by atoms with Gasteiger partial charge in [-0.3, -0.25) is 9.59 Å². The van der Waals surface area contributed by atoms with Crippen molar-refractivity contribution in [3.63, 3.8) is 0 Å². The smallest absolute Gasteiger partial charge is 0.251 e. The van der Waals surface area contributed by atoms with Gasteiger partial charge in [-0.15, -0.1) is 0 Å². The third kappa shape index (κ3) is 3.08. The topological polar surface area (TPSA) is 51.1 Å². The van der Waals surface area contributed by atoms with E-state index in [1.54, 1.807) is 43.5 Å². The summed E-state index contributed by atoms with van der Waals surface area (Å²) in [6.45, 7) is 3.50. The number of aromatic nitrogens is 1. The lowest BCUT2D eigenvalue weighted by Crippen LogP contribution is -2.31. The van der Waals surface area contributed by atoms with Crippen molar-refractivity contribution in [1.82, 2.24) is 4.57 Å². The first kappa shape index (κ1) is 14.3. The van der Waals surface area contributed by atoms with Crippen LogP contribution >= 0.6 is 11.6 Å². The Morgan fingerprint density at radius 3 is 2.65 bits per heavy atom. The Balaban J connectivity index is 2.21. The Hall–Kier alpha value is -2.07. The predicted molar refractivity (Wildman–Crippen MR) is 80.2 cm³/mol. The summed E-state index contributed by atoms with van der Waals surface area (Å²) >= 11 is 5.99. The molecule has 0 spiro atoms. The van der Waals surface area contributed by atoms with Crippen LogP contribution in [0.5, 0.6) is 0 Å². The summed E-state index contributed by atoms with van der Waals surface area (Å²) in [5.41, 5.74) is 1.20. The molecule has 0 bridgehead atoms. The Morgan fingerprint density at radius 1 is 1.30 bits per heavy atom. The van der Waals surface area contributed by atoms with Gasteiger partial charge in [0.2, 0.25) is 5.91 Å². The van der Waals surface area contributed by atoms with Crippen molar-refractivity contribution in [2.24, 2.45) is 0 Å². The SMILES string of the molecule is Cc1ccn(C(C)C(=O)Nc2ccccc2Cl)c(=O)c1. The van der Waals surface area contributed by atoms with Gasteiger partial charge in [-0.2, -0.15) is 0 Å². The molecule has 4 nitrogen and oxygen atoms in total. The molecule has 20 heavy (non-hydrogen) atoms. The summed E-state index contributed by atoms with van der Waals surface area (Å²) in [5.74, 6) is -0.288. The van der Waals surface area contributed by atoms with E-state index in [1.807, 2.05) is 6.92 Å². The fraction of sp³-hybridized carbons (Fsp3) is 0.200. The summed E-state index contributed by atoms with van der Waals surface area (Å²) in [7, 11) is 0. The standard InChI is InChI=1S/C15H15ClN2O2/c1-10-7-8-18(14(19)9-10)11(2)15(20)17-13-6-4-3-5-12(13)16/h3-9,11H,1-2H3,(H,17,20). The Morgan fingerprint density at radius 2 is 2.00 bits per heavy atom. The number of para-hydroxylation sites is 1. The van der Waals surface area contributed by atoms with Gasteiger partial charge in [0.25, 0.3) is 5.56 Å². The lowest BCUT2D eigenvalue weighted by Gasteiger charge is -2.15. The Labute approximate surface area is 122 Å². The van der Waals surface area contributed by atoms with Crippen LogP contribution in [0.2, 0.25) is 5.02 Å². The quantitative estimate of drug-likeness (QED) is 0.945. The highest BCUT2D eigenvalue weighted by molar-refractivity contribution is 6.33. The monoisotopic (exact) mass is 290 g/mol. The molecule has 104 valence electrons. The van der Waals surface area contributed by atoms with Crippen LogP contribution in [0.4, 0.5) is 5.69 Å². The van der Waals surface area contributed by atoms with Crippen molar-refractivity contribution in [1.29, 1.82) is 0 Å². The predicted octanol–water partition coefficient (Wildman–Crippen LogP) is 3.01. The number of carbonyl (C=O) groups excluding carboxylic acids is 1. The van der Waals surface area contributed by atoms with Crippen molar-refractivity contribution < 1.29 is 4.79 Å². The van der Waals surface area contributed by atoms with E-state index in [0.29, 0.717) is 10.7 Å². The molecule has 1 heterocycles. The van der Waals surface area contributed by atoms with Gasteiger partial charge in [0.15, 0.2) is 0 Å². The summed E-state index contributed by atoms with van der Waals surface area (Å²) in [5, 5.41) is 3.18. The normalized spacial score (nSPS) is 11.9. The zero-order chi connectivity index (χ0) is 14.7. The fourth-order valence-corrected chi connectivity index (χ4v) is 2.02. The zero-order valence-electron chi connectivity index (χ0n) is 11.3. The number of nitrogens with one attached hydrogen (secondary N) is 1. The number of halogens is 1. The maximum absolute atomic E-state index is 12.2. The van der Waals surface area contributed by atoms with Crippen LogP contribution in [0.3, 0.4) is 0 Å². The van der Waals surface area contributed by atoms with Gasteiger partial charge >= 0.3 is 0 Å². The molecule has 1 N–H and O–H groups in total. The molecule has 0 aliphatic heterocycles. The molecule has 0 radical (unpaired) electrons. The number of nitrogens with zero attached hydrogens (tertiary/aromatic N) is 1. The molecular formula is C15H15ClN2O2. The number of aryl methyl sites for hydroxylation is 1.